The molecule has 25 heavy (non-hydrogen) atoms. The normalized spacial score (nSPS) is 14.0. The van der Waals surface area contributed by atoms with Crippen LogP contribution >= 0.6 is 0 Å². The highest BCUT2D eigenvalue weighted by Crippen LogP contribution is 2.26. The van der Waals surface area contributed by atoms with Crippen LogP contribution in [0.1, 0.15) is 41.3 Å². The third kappa shape index (κ3) is 3.79. The van der Waals surface area contributed by atoms with Gasteiger partial charge in [0.1, 0.15) is 0 Å². The summed E-state index contributed by atoms with van der Waals surface area (Å²) in [4.78, 5) is 24.1. The number of carbonyl (C=O) groups excluding carboxylic acids is 2. The number of benzene rings is 2. The van der Waals surface area contributed by atoms with Crippen LogP contribution in [0.3, 0.4) is 0 Å². The lowest BCUT2D eigenvalue weighted by Crippen LogP contribution is -2.12. The quantitative estimate of drug-likeness (QED) is 0.859. The average molecular weight is 334 g/mol. The monoisotopic (exact) mass is 334 g/mol. The zero-order valence-electron chi connectivity index (χ0n) is 14.8. The van der Waals surface area contributed by atoms with Gasteiger partial charge in [0.25, 0.3) is 5.91 Å². The van der Waals surface area contributed by atoms with Crippen LogP contribution in [0, 0.1) is 13.8 Å². The topological polar surface area (TPSA) is 58.2 Å². The van der Waals surface area contributed by atoms with Crippen LogP contribution in [0.15, 0.2) is 53.7 Å². The first kappa shape index (κ1) is 17.0. The van der Waals surface area contributed by atoms with E-state index in [2.05, 4.69) is 10.6 Å². The maximum absolute atomic E-state index is 12.4. The Bertz CT molecular complexity index is 864. The fraction of sp³-hybridized carbons (Fsp3) is 0.238. The number of hydrogen-bond acceptors (Lipinski definition) is 3. The summed E-state index contributed by atoms with van der Waals surface area (Å²) in [5.41, 5.74) is 6.22. The number of anilines is 2. The number of hydrogen-bond donors (Lipinski definition) is 2. The maximum Gasteiger partial charge on any atom is 0.255 e. The van der Waals surface area contributed by atoms with Crippen molar-refractivity contribution in [3.05, 3.63) is 70.4 Å². The minimum Gasteiger partial charge on any atom is -0.358 e. The van der Waals surface area contributed by atoms with E-state index in [9.17, 15) is 9.59 Å². The smallest absolute Gasteiger partial charge is 0.255 e. The van der Waals surface area contributed by atoms with Crippen LogP contribution in [0.5, 0.6) is 0 Å². The van der Waals surface area contributed by atoms with Gasteiger partial charge in [-0.1, -0.05) is 17.7 Å². The minimum atomic E-state index is -0.134. The summed E-state index contributed by atoms with van der Waals surface area (Å²) in [5, 5.41) is 6.24. The van der Waals surface area contributed by atoms with Gasteiger partial charge in [0.15, 0.2) is 5.78 Å². The number of rotatable bonds is 4. The van der Waals surface area contributed by atoms with Gasteiger partial charge in [-0.2, -0.15) is 0 Å². The molecule has 128 valence electrons. The molecule has 2 aromatic rings. The molecule has 1 aliphatic carbocycles. The summed E-state index contributed by atoms with van der Waals surface area (Å²) in [6, 6.07) is 13.3. The molecule has 0 aromatic heterocycles. The van der Waals surface area contributed by atoms with Crippen molar-refractivity contribution >= 4 is 23.1 Å². The molecule has 3 rings (SSSR count). The van der Waals surface area contributed by atoms with Gasteiger partial charge in [0.05, 0.1) is 0 Å². The molecule has 1 aliphatic rings. The fourth-order valence-corrected chi connectivity index (χ4v) is 2.89. The van der Waals surface area contributed by atoms with Crippen LogP contribution in [-0.4, -0.2) is 11.7 Å². The van der Waals surface area contributed by atoms with Gasteiger partial charge in [-0.25, -0.2) is 0 Å². The van der Waals surface area contributed by atoms with E-state index in [1.54, 1.807) is 6.07 Å². The van der Waals surface area contributed by atoms with Crippen molar-refractivity contribution in [1.29, 1.82) is 0 Å². The summed E-state index contributed by atoms with van der Waals surface area (Å²) in [6.07, 6.45) is 1.32. The lowest BCUT2D eigenvalue weighted by Gasteiger charge is -2.13. The number of allylic oxidation sites excluding steroid dienone is 2. The molecule has 4 nitrogen and oxygen atoms in total. The summed E-state index contributed by atoms with van der Waals surface area (Å²) in [6.45, 7) is 5.82. The van der Waals surface area contributed by atoms with E-state index in [4.69, 9.17) is 0 Å². The summed E-state index contributed by atoms with van der Waals surface area (Å²) in [7, 11) is 0. The van der Waals surface area contributed by atoms with Crippen molar-refractivity contribution in [2.24, 2.45) is 0 Å². The maximum atomic E-state index is 12.4. The Kier molecular flexibility index (Phi) is 4.70. The summed E-state index contributed by atoms with van der Waals surface area (Å²) < 4.78 is 0. The molecular formula is C21H22N2O2. The minimum absolute atomic E-state index is 0.134. The highest BCUT2D eigenvalue weighted by atomic mass is 16.1. The summed E-state index contributed by atoms with van der Waals surface area (Å²) >= 11 is 0. The molecule has 0 saturated carbocycles. The molecular weight excluding hydrogens is 312 g/mol. The Labute approximate surface area is 148 Å². The molecule has 0 spiro atoms. The molecule has 4 heteroatoms. The third-order valence-electron chi connectivity index (χ3n) is 4.56. The number of Topliss-reactive ketones (excluding diaryl/α,β-unsaturated/α-hetero) is 1. The van der Waals surface area contributed by atoms with E-state index >= 15 is 0 Å². The Morgan fingerprint density at radius 3 is 2.28 bits per heavy atom. The predicted molar refractivity (Wildman–Crippen MR) is 101 cm³/mol. The number of aryl methyl sites for hydroxylation is 2. The molecule has 0 aliphatic heterocycles. The van der Waals surface area contributed by atoms with E-state index in [1.807, 2.05) is 57.2 Å². The SMILES string of the molecule is CC1=C(Nc2ccc(C(=O)Nc3ccc(C)cc3)cc2C)CCC1=O. The first-order valence-electron chi connectivity index (χ1n) is 8.42. The zero-order chi connectivity index (χ0) is 18.0. The molecule has 2 aromatic carbocycles. The molecule has 0 unspecified atom stereocenters. The van der Waals surface area contributed by atoms with Crippen LogP contribution < -0.4 is 10.6 Å². The van der Waals surface area contributed by atoms with Crippen molar-refractivity contribution in [3.63, 3.8) is 0 Å². The molecule has 0 bridgehead atoms. The first-order chi connectivity index (χ1) is 11.9. The Hall–Kier alpha value is -2.88. The lowest BCUT2D eigenvalue weighted by molar-refractivity contribution is -0.114. The standard InChI is InChI=1S/C21H22N2O2/c1-13-4-7-17(8-5-13)22-21(25)16-6-9-18(14(2)12-16)23-19-10-11-20(24)15(19)3/h4-9,12,23H,10-11H2,1-3H3,(H,22,25). The molecule has 0 saturated heterocycles. The lowest BCUT2D eigenvalue weighted by atomic mass is 10.1. The fourth-order valence-electron chi connectivity index (χ4n) is 2.89. The van der Waals surface area contributed by atoms with Gasteiger partial charge < -0.3 is 10.6 Å². The molecule has 0 atom stereocenters. The number of carbonyl (C=O) groups is 2. The van der Waals surface area contributed by atoms with Gasteiger partial charge in [0.2, 0.25) is 0 Å². The Morgan fingerprint density at radius 1 is 0.960 bits per heavy atom. The van der Waals surface area contributed by atoms with Crippen molar-refractivity contribution in [3.8, 4) is 0 Å². The van der Waals surface area contributed by atoms with Crippen molar-refractivity contribution in [2.45, 2.75) is 33.6 Å². The Morgan fingerprint density at radius 2 is 1.68 bits per heavy atom. The summed E-state index contributed by atoms with van der Waals surface area (Å²) in [5.74, 6) is 0.0687. The van der Waals surface area contributed by atoms with Gasteiger partial charge in [-0.15, -0.1) is 0 Å². The molecule has 2 N–H and O–H groups in total. The van der Waals surface area contributed by atoms with Gasteiger partial charge in [-0.3, -0.25) is 9.59 Å². The van der Waals surface area contributed by atoms with E-state index in [0.717, 1.165) is 40.2 Å². The predicted octanol–water partition coefficient (Wildman–Crippen LogP) is 4.60. The average Bonchev–Trinajstić information content (AvgIpc) is 2.90. The van der Waals surface area contributed by atoms with Gasteiger partial charge >= 0.3 is 0 Å². The second kappa shape index (κ2) is 6.93. The zero-order valence-corrected chi connectivity index (χ0v) is 14.8. The number of ketones is 1. The van der Waals surface area contributed by atoms with Crippen LogP contribution in [0.25, 0.3) is 0 Å². The van der Waals surface area contributed by atoms with E-state index < -0.39 is 0 Å². The van der Waals surface area contributed by atoms with Gasteiger partial charge in [0, 0.05) is 34.6 Å². The van der Waals surface area contributed by atoms with Crippen molar-refractivity contribution in [1.82, 2.24) is 0 Å². The third-order valence-corrected chi connectivity index (χ3v) is 4.56. The number of amides is 1. The molecule has 0 heterocycles. The highest BCUT2D eigenvalue weighted by molar-refractivity contribution is 6.04. The molecule has 0 radical (unpaired) electrons. The van der Waals surface area contributed by atoms with Crippen LogP contribution in [0.2, 0.25) is 0 Å². The van der Waals surface area contributed by atoms with Crippen LogP contribution in [-0.2, 0) is 4.79 Å². The molecule has 0 fully saturated rings. The van der Waals surface area contributed by atoms with E-state index in [0.29, 0.717) is 12.0 Å². The van der Waals surface area contributed by atoms with Crippen molar-refractivity contribution in [2.75, 3.05) is 10.6 Å². The van der Waals surface area contributed by atoms with Crippen molar-refractivity contribution < 1.29 is 9.59 Å². The van der Waals surface area contributed by atoms with E-state index in [1.165, 1.54) is 0 Å². The number of nitrogens with one attached hydrogen (secondary N) is 2. The largest absolute Gasteiger partial charge is 0.358 e. The second-order valence-corrected chi connectivity index (χ2v) is 6.50. The first-order valence-corrected chi connectivity index (χ1v) is 8.42. The van der Waals surface area contributed by atoms with Gasteiger partial charge in [-0.05, 0) is 63.1 Å². The second-order valence-electron chi connectivity index (χ2n) is 6.50. The van der Waals surface area contributed by atoms with Crippen LogP contribution in [0.4, 0.5) is 11.4 Å². The highest BCUT2D eigenvalue weighted by Gasteiger charge is 2.19. The Balaban J connectivity index is 1.74. The molecule has 1 amide bonds. The van der Waals surface area contributed by atoms with E-state index in [-0.39, 0.29) is 11.7 Å².